The van der Waals surface area contributed by atoms with Gasteiger partial charge >= 0.3 is 0 Å². The molecule has 0 unspecified atom stereocenters. The maximum absolute atomic E-state index is 13.7. The summed E-state index contributed by atoms with van der Waals surface area (Å²) in [6, 6.07) is 16.8. The first kappa shape index (κ1) is 19.2. The van der Waals surface area contributed by atoms with E-state index in [4.69, 9.17) is 0 Å². The summed E-state index contributed by atoms with van der Waals surface area (Å²) in [5.74, 6) is -0.907. The van der Waals surface area contributed by atoms with Crippen molar-refractivity contribution in [2.45, 2.75) is 19.4 Å². The number of nitrogens with zero attached hydrogens (tertiary/aromatic N) is 1. The first-order valence-electron chi connectivity index (χ1n) is 8.93. The molecule has 0 radical (unpaired) electrons. The van der Waals surface area contributed by atoms with Gasteiger partial charge in [0.05, 0.1) is 11.3 Å². The van der Waals surface area contributed by atoms with Crippen molar-refractivity contribution in [3.8, 4) is 0 Å². The van der Waals surface area contributed by atoms with Gasteiger partial charge in [-0.25, -0.2) is 4.39 Å². The van der Waals surface area contributed by atoms with Gasteiger partial charge in [0.1, 0.15) is 5.82 Å². The van der Waals surface area contributed by atoms with Gasteiger partial charge in [-0.2, -0.15) is 0 Å². The molecule has 0 saturated carbocycles. The zero-order chi connectivity index (χ0) is 19.8. The second kappa shape index (κ2) is 9.41. The third-order valence-corrected chi connectivity index (χ3v) is 4.20. The number of halogens is 1. The molecule has 6 heteroatoms. The lowest BCUT2D eigenvalue weighted by molar-refractivity contribution is -0.116. The van der Waals surface area contributed by atoms with E-state index < -0.39 is 0 Å². The number of benzene rings is 2. The van der Waals surface area contributed by atoms with E-state index in [0.717, 1.165) is 5.56 Å². The fourth-order valence-electron chi connectivity index (χ4n) is 2.73. The molecule has 0 fully saturated rings. The number of rotatable bonds is 7. The molecular formula is C22H20FN3O2. The standard InChI is InChI=1S/C22H20FN3O2/c23-19-9-3-1-7-17(19)11-12-21(27)26-20-10-4-2-8-18(20)22(28)25-15-16-6-5-13-24-14-16/h1-10,13-14H,11-12,15H2,(H,25,28)(H,26,27). The third kappa shape index (κ3) is 5.23. The fraction of sp³-hybridized carbons (Fsp3) is 0.136. The summed E-state index contributed by atoms with van der Waals surface area (Å²) in [5, 5.41) is 5.56. The second-order valence-corrected chi connectivity index (χ2v) is 6.23. The van der Waals surface area contributed by atoms with Crippen molar-refractivity contribution in [2.75, 3.05) is 5.32 Å². The van der Waals surface area contributed by atoms with Crippen LogP contribution in [0.25, 0.3) is 0 Å². The monoisotopic (exact) mass is 377 g/mol. The molecule has 142 valence electrons. The van der Waals surface area contributed by atoms with Gasteiger partial charge in [0, 0.05) is 25.4 Å². The van der Waals surface area contributed by atoms with Gasteiger partial charge in [0.2, 0.25) is 5.91 Å². The first-order valence-corrected chi connectivity index (χ1v) is 8.93. The number of aryl methyl sites for hydroxylation is 1. The molecule has 1 heterocycles. The summed E-state index contributed by atoms with van der Waals surface area (Å²) in [4.78, 5) is 28.8. The topological polar surface area (TPSA) is 71.1 Å². The summed E-state index contributed by atoms with van der Waals surface area (Å²) in [5.41, 5.74) is 2.15. The average molecular weight is 377 g/mol. The molecule has 0 bridgehead atoms. The van der Waals surface area contributed by atoms with Crippen LogP contribution in [0.2, 0.25) is 0 Å². The minimum atomic E-state index is -0.328. The predicted molar refractivity (Wildman–Crippen MR) is 105 cm³/mol. The minimum Gasteiger partial charge on any atom is -0.348 e. The lowest BCUT2D eigenvalue weighted by atomic mass is 10.1. The highest BCUT2D eigenvalue weighted by Gasteiger charge is 2.13. The number of hydrogen-bond acceptors (Lipinski definition) is 3. The molecule has 0 saturated heterocycles. The van der Waals surface area contributed by atoms with E-state index in [0.29, 0.717) is 23.4 Å². The first-order chi connectivity index (χ1) is 13.6. The number of aromatic nitrogens is 1. The zero-order valence-electron chi connectivity index (χ0n) is 15.2. The Morgan fingerprint density at radius 2 is 1.75 bits per heavy atom. The Bertz CT molecular complexity index is 961. The van der Waals surface area contributed by atoms with Gasteiger partial charge in [-0.3, -0.25) is 14.6 Å². The van der Waals surface area contributed by atoms with Crippen molar-refractivity contribution < 1.29 is 14.0 Å². The molecule has 3 aromatic rings. The van der Waals surface area contributed by atoms with Crippen LogP contribution in [-0.4, -0.2) is 16.8 Å². The number of amides is 2. The zero-order valence-corrected chi connectivity index (χ0v) is 15.2. The van der Waals surface area contributed by atoms with E-state index in [1.54, 1.807) is 60.9 Å². The van der Waals surface area contributed by atoms with Crippen LogP contribution in [0.5, 0.6) is 0 Å². The molecule has 0 atom stereocenters. The van der Waals surface area contributed by atoms with Crippen LogP contribution in [0.1, 0.15) is 27.9 Å². The highest BCUT2D eigenvalue weighted by Crippen LogP contribution is 2.16. The van der Waals surface area contributed by atoms with Crippen LogP contribution in [0, 0.1) is 5.82 Å². The van der Waals surface area contributed by atoms with Crippen LogP contribution in [0.3, 0.4) is 0 Å². The number of anilines is 1. The van der Waals surface area contributed by atoms with Crippen molar-refractivity contribution >= 4 is 17.5 Å². The molecular weight excluding hydrogens is 357 g/mol. The van der Waals surface area contributed by atoms with E-state index in [-0.39, 0.29) is 30.5 Å². The van der Waals surface area contributed by atoms with Gasteiger partial charge in [0.25, 0.3) is 5.91 Å². The Morgan fingerprint density at radius 1 is 0.964 bits per heavy atom. The van der Waals surface area contributed by atoms with Crippen LogP contribution in [-0.2, 0) is 17.8 Å². The third-order valence-electron chi connectivity index (χ3n) is 4.20. The van der Waals surface area contributed by atoms with Crippen molar-refractivity contribution in [3.63, 3.8) is 0 Å². The SMILES string of the molecule is O=C(CCc1ccccc1F)Nc1ccccc1C(=O)NCc1cccnc1. The maximum Gasteiger partial charge on any atom is 0.253 e. The van der Waals surface area contributed by atoms with Crippen molar-refractivity contribution in [2.24, 2.45) is 0 Å². The summed E-state index contributed by atoms with van der Waals surface area (Å²) < 4.78 is 13.7. The highest BCUT2D eigenvalue weighted by molar-refractivity contribution is 6.03. The van der Waals surface area contributed by atoms with Gasteiger partial charge in [0.15, 0.2) is 0 Å². The molecule has 3 rings (SSSR count). The molecule has 0 aliphatic heterocycles. The van der Waals surface area contributed by atoms with E-state index >= 15 is 0 Å². The summed E-state index contributed by atoms with van der Waals surface area (Å²) in [6.45, 7) is 0.336. The summed E-state index contributed by atoms with van der Waals surface area (Å²) in [7, 11) is 0. The maximum atomic E-state index is 13.7. The van der Waals surface area contributed by atoms with Gasteiger partial charge in [-0.05, 0) is 41.8 Å². The van der Waals surface area contributed by atoms with Crippen LogP contribution in [0.15, 0.2) is 73.1 Å². The minimum absolute atomic E-state index is 0.118. The molecule has 5 nitrogen and oxygen atoms in total. The van der Waals surface area contributed by atoms with E-state index in [1.807, 2.05) is 6.07 Å². The number of pyridine rings is 1. The summed E-state index contributed by atoms with van der Waals surface area (Å²) in [6.07, 6.45) is 3.74. The van der Waals surface area contributed by atoms with Gasteiger partial charge in [-0.15, -0.1) is 0 Å². The quantitative estimate of drug-likeness (QED) is 0.659. The van der Waals surface area contributed by atoms with E-state index in [9.17, 15) is 14.0 Å². The van der Waals surface area contributed by atoms with Crippen LogP contribution < -0.4 is 10.6 Å². The van der Waals surface area contributed by atoms with Crippen molar-refractivity contribution in [3.05, 3.63) is 95.6 Å². The van der Waals surface area contributed by atoms with Gasteiger partial charge in [-0.1, -0.05) is 36.4 Å². The number of para-hydroxylation sites is 1. The Balaban J connectivity index is 1.60. The molecule has 0 spiro atoms. The molecule has 2 N–H and O–H groups in total. The largest absolute Gasteiger partial charge is 0.348 e. The molecule has 1 aromatic heterocycles. The second-order valence-electron chi connectivity index (χ2n) is 6.23. The lowest BCUT2D eigenvalue weighted by Gasteiger charge is -2.11. The Labute approximate surface area is 162 Å². The smallest absolute Gasteiger partial charge is 0.253 e. The molecule has 0 aliphatic rings. The Hall–Kier alpha value is -3.54. The Kier molecular flexibility index (Phi) is 6.46. The van der Waals surface area contributed by atoms with Crippen molar-refractivity contribution in [1.29, 1.82) is 0 Å². The normalized spacial score (nSPS) is 10.3. The number of nitrogens with one attached hydrogen (secondary N) is 2. The van der Waals surface area contributed by atoms with Crippen LogP contribution >= 0.6 is 0 Å². The van der Waals surface area contributed by atoms with Crippen molar-refractivity contribution in [1.82, 2.24) is 10.3 Å². The molecule has 28 heavy (non-hydrogen) atoms. The van der Waals surface area contributed by atoms with Gasteiger partial charge < -0.3 is 10.6 Å². The fourth-order valence-corrected chi connectivity index (χ4v) is 2.73. The van der Waals surface area contributed by atoms with Crippen LogP contribution in [0.4, 0.5) is 10.1 Å². The predicted octanol–water partition coefficient (Wildman–Crippen LogP) is 3.72. The number of hydrogen-bond donors (Lipinski definition) is 2. The molecule has 2 aromatic carbocycles. The Morgan fingerprint density at radius 3 is 2.54 bits per heavy atom. The lowest BCUT2D eigenvalue weighted by Crippen LogP contribution is -2.25. The average Bonchev–Trinajstić information content (AvgIpc) is 2.72. The summed E-state index contributed by atoms with van der Waals surface area (Å²) >= 11 is 0. The molecule has 2 amide bonds. The number of carbonyl (C=O) groups is 2. The van der Waals surface area contributed by atoms with E-state index in [2.05, 4.69) is 15.6 Å². The molecule has 0 aliphatic carbocycles. The van der Waals surface area contributed by atoms with E-state index in [1.165, 1.54) is 6.07 Å². The number of carbonyl (C=O) groups excluding carboxylic acids is 2. The highest BCUT2D eigenvalue weighted by atomic mass is 19.1.